The highest BCUT2D eigenvalue weighted by Crippen LogP contribution is 2.34. The zero-order valence-electron chi connectivity index (χ0n) is 13.2. The molecule has 132 valence electrons. The van der Waals surface area contributed by atoms with Gasteiger partial charge in [-0.3, -0.25) is 4.79 Å². The number of amides is 1. The number of carbonyl (C=O) groups excluding carboxylic acids is 1. The van der Waals surface area contributed by atoms with Gasteiger partial charge in [0.2, 0.25) is 12.7 Å². The quantitative estimate of drug-likeness (QED) is 0.877. The summed E-state index contributed by atoms with van der Waals surface area (Å²) in [5.41, 5.74) is -0.0593. The van der Waals surface area contributed by atoms with Crippen LogP contribution in [0.15, 0.2) is 42.5 Å². The first-order valence-electron chi connectivity index (χ1n) is 7.47. The van der Waals surface area contributed by atoms with Gasteiger partial charge in [-0.05, 0) is 37.3 Å². The van der Waals surface area contributed by atoms with Crippen molar-refractivity contribution in [3.8, 4) is 11.5 Å². The molecule has 5 nitrogen and oxygen atoms in total. The molecular weight excluding hydrogens is 337 g/mol. The predicted molar refractivity (Wildman–Crippen MR) is 85.7 cm³/mol. The molecule has 3 rings (SSSR count). The van der Waals surface area contributed by atoms with Crippen LogP contribution in [-0.4, -0.2) is 18.7 Å². The molecule has 0 aliphatic carbocycles. The Morgan fingerprint density at radius 3 is 2.60 bits per heavy atom. The molecule has 0 aromatic heterocycles. The summed E-state index contributed by atoms with van der Waals surface area (Å²) in [5, 5.41) is 5.44. The number of ether oxygens (including phenoxy) is 2. The minimum absolute atomic E-state index is 0.125. The standard InChI is InChI=1S/C17H15F3N2O3/c1-10(21-12-4-2-3-11(7-12)17(18,19)20)16(23)22-13-5-6-14-15(8-13)25-9-24-14/h2-8,10,21H,9H2,1H3,(H,22,23)/t10-/m0/s1. The minimum atomic E-state index is -4.43. The molecule has 0 radical (unpaired) electrons. The molecule has 2 aromatic rings. The van der Waals surface area contributed by atoms with Crippen LogP contribution in [0.4, 0.5) is 24.5 Å². The third-order valence-corrected chi connectivity index (χ3v) is 3.61. The second-order valence-corrected chi connectivity index (χ2v) is 5.50. The number of halogens is 3. The van der Waals surface area contributed by atoms with Gasteiger partial charge in [0, 0.05) is 17.4 Å². The topological polar surface area (TPSA) is 59.6 Å². The fourth-order valence-corrected chi connectivity index (χ4v) is 2.33. The Bertz CT molecular complexity index is 793. The Balaban J connectivity index is 1.65. The van der Waals surface area contributed by atoms with E-state index in [0.717, 1.165) is 12.1 Å². The Morgan fingerprint density at radius 1 is 1.08 bits per heavy atom. The fourth-order valence-electron chi connectivity index (χ4n) is 2.33. The van der Waals surface area contributed by atoms with Gasteiger partial charge >= 0.3 is 6.18 Å². The summed E-state index contributed by atoms with van der Waals surface area (Å²) in [6, 6.07) is 8.90. The number of fused-ring (bicyclic) bond motifs is 1. The lowest BCUT2D eigenvalue weighted by atomic mass is 10.1. The molecule has 1 heterocycles. The van der Waals surface area contributed by atoms with E-state index in [1.54, 1.807) is 25.1 Å². The van der Waals surface area contributed by atoms with Crippen LogP contribution in [-0.2, 0) is 11.0 Å². The fraction of sp³-hybridized carbons (Fsp3) is 0.235. The van der Waals surface area contributed by atoms with Crippen molar-refractivity contribution in [1.29, 1.82) is 0 Å². The van der Waals surface area contributed by atoms with E-state index < -0.39 is 23.7 Å². The van der Waals surface area contributed by atoms with Crippen molar-refractivity contribution in [2.75, 3.05) is 17.4 Å². The number of rotatable bonds is 4. The lowest BCUT2D eigenvalue weighted by Gasteiger charge is -2.16. The second-order valence-electron chi connectivity index (χ2n) is 5.50. The van der Waals surface area contributed by atoms with Crippen molar-refractivity contribution >= 4 is 17.3 Å². The molecule has 0 bridgehead atoms. The van der Waals surface area contributed by atoms with Crippen molar-refractivity contribution in [3.05, 3.63) is 48.0 Å². The highest BCUT2D eigenvalue weighted by Gasteiger charge is 2.30. The van der Waals surface area contributed by atoms with Crippen LogP contribution in [0.3, 0.4) is 0 Å². The van der Waals surface area contributed by atoms with Crippen LogP contribution >= 0.6 is 0 Å². The van der Waals surface area contributed by atoms with Gasteiger partial charge < -0.3 is 20.1 Å². The average molecular weight is 352 g/mol. The second kappa shape index (κ2) is 6.54. The molecule has 2 aromatic carbocycles. The van der Waals surface area contributed by atoms with Crippen LogP contribution < -0.4 is 20.1 Å². The smallest absolute Gasteiger partial charge is 0.416 e. The lowest BCUT2D eigenvalue weighted by Crippen LogP contribution is -2.31. The number of anilines is 2. The maximum atomic E-state index is 12.7. The van der Waals surface area contributed by atoms with E-state index >= 15 is 0 Å². The number of nitrogens with one attached hydrogen (secondary N) is 2. The number of hydrogen-bond donors (Lipinski definition) is 2. The van der Waals surface area contributed by atoms with E-state index in [2.05, 4.69) is 10.6 Å². The number of hydrogen-bond acceptors (Lipinski definition) is 4. The van der Waals surface area contributed by atoms with Crippen molar-refractivity contribution in [1.82, 2.24) is 0 Å². The molecule has 25 heavy (non-hydrogen) atoms. The first kappa shape index (κ1) is 16.9. The summed E-state index contributed by atoms with van der Waals surface area (Å²) >= 11 is 0. The van der Waals surface area contributed by atoms with Gasteiger partial charge in [0.25, 0.3) is 0 Å². The van der Waals surface area contributed by atoms with Gasteiger partial charge in [-0.25, -0.2) is 0 Å². The molecule has 0 saturated carbocycles. The largest absolute Gasteiger partial charge is 0.454 e. The van der Waals surface area contributed by atoms with Crippen molar-refractivity contribution in [2.24, 2.45) is 0 Å². The highest BCUT2D eigenvalue weighted by molar-refractivity contribution is 5.96. The van der Waals surface area contributed by atoms with E-state index in [4.69, 9.17) is 9.47 Å². The summed E-state index contributed by atoms with van der Waals surface area (Å²) in [5.74, 6) is 0.723. The van der Waals surface area contributed by atoms with E-state index in [-0.39, 0.29) is 12.5 Å². The van der Waals surface area contributed by atoms with Gasteiger partial charge in [-0.2, -0.15) is 13.2 Å². The summed E-state index contributed by atoms with van der Waals surface area (Å²) in [7, 11) is 0. The highest BCUT2D eigenvalue weighted by atomic mass is 19.4. The van der Waals surface area contributed by atoms with Crippen LogP contribution in [0, 0.1) is 0 Å². The monoisotopic (exact) mass is 352 g/mol. The lowest BCUT2D eigenvalue weighted by molar-refractivity contribution is -0.137. The number of alkyl halides is 3. The molecule has 2 N–H and O–H groups in total. The third kappa shape index (κ3) is 3.96. The Labute approximate surface area is 141 Å². The van der Waals surface area contributed by atoms with Crippen molar-refractivity contribution < 1.29 is 27.4 Å². The van der Waals surface area contributed by atoms with Crippen LogP contribution in [0.5, 0.6) is 11.5 Å². The first-order chi connectivity index (χ1) is 11.8. The minimum Gasteiger partial charge on any atom is -0.454 e. The zero-order chi connectivity index (χ0) is 18.0. The maximum Gasteiger partial charge on any atom is 0.416 e. The normalized spacial score (nSPS) is 14.1. The van der Waals surface area contributed by atoms with Gasteiger partial charge in [-0.1, -0.05) is 6.07 Å². The van der Waals surface area contributed by atoms with Gasteiger partial charge in [0.05, 0.1) is 5.56 Å². The molecule has 1 aliphatic heterocycles. The number of benzene rings is 2. The maximum absolute atomic E-state index is 12.7. The summed E-state index contributed by atoms with van der Waals surface area (Å²) in [4.78, 5) is 12.2. The van der Waals surface area contributed by atoms with E-state index in [9.17, 15) is 18.0 Å². The molecule has 1 aliphatic rings. The van der Waals surface area contributed by atoms with Crippen molar-refractivity contribution in [2.45, 2.75) is 19.1 Å². The van der Waals surface area contributed by atoms with Gasteiger partial charge in [-0.15, -0.1) is 0 Å². The molecule has 0 saturated heterocycles. The van der Waals surface area contributed by atoms with Crippen molar-refractivity contribution in [3.63, 3.8) is 0 Å². The molecule has 8 heteroatoms. The molecule has 1 amide bonds. The van der Waals surface area contributed by atoms with E-state index in [1.165, 1.54) is 12.1 Å². The Hall–Kier alpha value is -2.90. The predicted octanol–water partition coefficient (Wildman–Crippen LogP) is 3.87. The molecule has 1 atom stereocenters. The SMILES string of the molecule is C[C@H](Nc1cccc(C(F)(F)F)c1)C(=O)Nc1ccc2c(c1)OCO2. The van der Waals surface area contributed by atoms with Crippen LogP contribution in [0.25, 0.3) is 0 Å². The van der Waals surface area contributed by atoms with E-state index in [0.29, 0.717) is 17.2 Å². The Morgan fingerprint density at radius 2 is 1.84 bits per heavy atom. The van der Waals surface area contributed by atoms with Gasteiger partial charge in [0.1, 0.15) is 6.04 Å². The first-order valence-corrected chi connectivity index (χ1v) is 7.47. The molecule has 0 unspecified atom stereocenters. The zero-order valence-corrected chi connectivity index (χ0v) is 13.2. The van der Waals surface area contributed by atoms with Crippen LogP contribution in [0.2, 0.25) is 0 Å². The summed E-state index contributed by atoms with van der Waals surface area (Å²) < 4.78 is 48.6. The third-order valence-electron chi connectivity index (χ3n) is 3.61. The van der Waals surface area contributed by atoms with Gasteiger partial charge in [0.15, 0.2) is 11.5 Å². The molecular formula is C17H15F3N2O3. The Kier molecular flexibility index (Phi) is 4.43. The number of carbonyl (C=O) groups is 1. The molecule has 0 fully saturated rings. The summed E-state index contributed by atoms with van der Waals surface area (Å²) in [6.45, 7) is 1.68. The molecule has 0 spiro atoms. The van der Waals surface area contributed by atoms with E-state index in [1.807, 2.05) is 0 Å². The average Bonchev–Trinajstić information content (AvgIpc) is 3.02. The summed E-state index contributed by atoms with van der Waals surface area (Å²) in [6.07, 6.45) is -4.43. The van der Waals surface area contributed by atoms with Crippen LogP contribution in [0.1, 0.15) is 12.5 Å².